The van der Waals surface area contributed by atoms with Gasteiger partial charge in [-0.15, -0.1) is 0 Å². The molecule has 3 N–H and O–H groups in total. The van der Waals surface area contributed by atoms with Crippen LogP contribution in [0.3, 0.4) is 0 Å². The highest BCUT2D eigenvalue weighted by Crippen LogP contribution is 2.46. The summed E-state index contributed by atoms with van der Waals surface area (Å²) in [6.07, 6.45) is -0.642. The first kappa shape index (κ1) is 19.7. The molecule has 0 aliphatic rings. The molecule has 0 saturated carbocycles. The molecule has 0 aliphatic heterocycles. The van der Waals surface area contributed by atoms with Gasteiger partial charge in [-0.05, 0) is 6.08 Å². The Labute approximate surface area is 96.0 Å². The van der Waals surface area contributed by atoms with Gasteiger partial charge in [0.2, 0.25) is 0 Å². The van der Waals surface area contributed by atoms with Gasteiger partial charge in [0.05, 0.1) is 0 Å². The van der Waals surface area contributed by atoms with Crippen LogP contribution in [0.2, 0.25) is 0 Å². The molecule has 4 nitrogen and oxygen atoms in total. The van der Waals surface area contributed by atoms with Crippen LogP contribution in [-0.4, -0.2) is 39.1 Å². The molecule has 0 aliphatic carbocycles. The van der Waals surface area contributed by atoms with Crippen LogP contribution in [0.4, 0.5) is 30.7 Å². The zero-order valence-corrected chi connectivity index (χ0v) is 9.23. The Morgan fingerprint density at radius 1 is 1.06 bits per heavy atom. The van der Waals surface area contributed by atoms with Gasteiger partial charge in [-0.3, -0.25) is 0 Å². The number of phosphoric acid groups is 1. The molecule has 0 atom stereocenters. The van der Waals surface area contributed by atoms with Crippen molar-refractivity contribution in [1.82, 2.24) is 0 Å². The molecular weight excluding hydrogens is 300 g/mol. The minimum absolute atomic E-state index is 0.642. The Bertz CT molecular complexity index is 318. The minimum atomic E-state index is -5.77. The van der Waals surface area contributed by atoms with E-state index in [9.17, 15) is 30.7 Å². The van der Waals surface area contributed by atoms with Gasteiger partial charge < -0.3 is 14.7 Å². The van der Waals surface area contributed by atoms with Crippen LogP contribution in [-0.2, 0) is 4.57 Å². The standard InChI is InChI=1S/C6H5F7.H3O4P/c1-2-4(8,9)6(12,13)5(10,11)3-7;1-5(2,3)4/h2H,1,3H2;(H3,1,2,3,4). The molecule has 12 heteroatoms. The van der Waals surface area contributed by atoms with Crippen LogP contribution in [0.25, 0.3) is 0 Å². The molecule has 0 aromatic carbocycles. The molecule has 0 aromatic heterocycles. The second-order valence-corrected chi connectivity index (χ2v) is 3.78. The summed E-state index contributed by atoms with van der Waals surface area (Å²) in [6.45, 7) is -0.597. The van der Waals surface area contributed by atoms with Crippen molar-refractivity contribution >= 4 is 7.82 Å². The lowest BCUT2D eigenvalue weighted by Crippen LogP contribution is -2.54. The summed E-state index contributed by atoms with van der Waals surface area (Å²) < 4.78 is 92.7. The van der Waals surface area contributed by atoms with E-state index in [2.05, 4.69) is 6.58 Å². The predicted octanol–water partition coefficient (Wildman–Crippen LogP) is 2.12. The second kappa shape index (κ2) is 6.00. The third kappa shape index (κ3) is 5.80. The van der Waals surface area contributed by atoms with Crippen LogP contribution < -0.4 is 0 Å². The Morgan fingerprint density at radius 2 is 1.33 bits per heavy atom. The molecule has 0 radical (unpaired) electrons. The van der Waals surface area contributed by atoms with Gasteiger partial charge in [0.25, 0.3) is 0 Å². The Hall–Kier alpha value is -0.640. The van der Waals surface area contributed by atoms with E-state index in [1.165, 1.54) is 0 Å². The SMILES string of the molecule is C=CC(F)(F)C(F)(F)C(F)(F)CF.O=P(O)(O)O. The smallest absolute Gasteiger partial charge is 0.303 e. The van der Waals surface area contributed by atoms with E-state index in [-0.39, 0.29) is 0 Å². The van der Waals surface area contributed by atoms with E-state index in [0.717, 1.165) is 0 Å². The van der Waals surface area contributed by atoms with Gasteiger partial charge in [0.1, 0.15) is 0 Å². The third-order valence-corrected chi connectivity index (χ3v) is 1.30. The van der Waals surface area contributed by atoms with Crippen molar-refractivity contribution in [3.63, 3.8) is 0 Å². The zero-order valence-electron chi connectivity index (χ0n) is 8.33. The average molecular weight is 308 g/mol. The fourth-order valence-electron chi connectivity index (χ4n) is 0.456. The van der Waals surface area contributed by atoms with Gasteiger partial charge >= 0.3 is 25.6 Å². The highest BCUT2D eigenvalue weighted by Gasteiger charge is 2.70. The van der Waals surface area contributed by atoms with E-state index < -0.39 is 38.3 Å². The molecule has 110 valence electrons. The lowest BCUT2D eigenvalue weighted by molar-refractivity contribution is -0.295. The lowest BCUT2D eigenvalue weighted by atomic mass is 10.1. The van der Waals surface area contributed by atoms with Crippen LogP contribution in [0.5, 0.6) is 0 Å². The van der Waals surface area contributed by atoms with E-state index in [0.29, 0.717) is 0 Å². The van der Waals surface area contributed by atoms with Crippen molar-refractivity contribution in [3.05, 3.63) is 12.7 Å². The van der Waals surface area contributed by atoms with Crippen LogP contribution in [0.1, 0.15) is 0 Å². The number of rotatable bonds is 4. The van der Waals surface area contributed by atoms with Gasteiger partial charge in [0, 0.05) is 0 Å². The fourth-order valence-corrected chi connectivity index (χ4v) is 0.456. The largest absolute Gasteiger partial charge is 0.466 e. The third-order valence-electron chi connectivity index (χ3n) is 1.30. The number of hydrogen-bond acceptors (Lipinski definition) is 1. The van der Waals surface area contributed by atoms with Crippen LogP contribution in [0.15, 0.2) is 12.7 Å². The summed E-state index contributed by atoms with van der Waals surface area (Å²) in [5.41, 5.74) is 0. The molecular formula is C6H8F7O4P. The zero-order chi connectivity index (χ0) is 15.4. The molecule has 0 bridgehead atoms. The quantitative estimate of drug-likeness (QED) is 0.422. The number of allylic oxidation sites excluding steroid dienone is 1. The Kier molecular flexibility index (Phi) is 6.57. The van der Waals surface area contributed by atoms with Crippen LogP contribution >= 0.6 is 7.82 Å². The molecule has 0 amide bonds. The molecule has 0 spiro atoms. The molecule has 0 heterocycles. The molecule has 0 fully saturated rings. The first-order valence-corrected chi connectivity index (χ1v) is 5.30. The van der Waals surface area contributed by atoms with Crippen molar-refractivity contribution in [1.29, 1.82) is 0 Å². The topological polar surface area (TPSA) is 77.8 Å². The minimum Gasteiger partial charge on any atom is -0.303 e. The van der Waals surface area contributed by atoms with Gasteiger partial charge in [-0.2, -0.15) is 26.3 Å². The van der Waals surface area contributed by atoms with Gasteiger partial charge in [-0.25, -0.2) is 8.96 Å². The van der Waals surface area contributed by atoms with Crippen molar-refractivity contribution in [2.75, 3.05) is 6.67 Å². The predicted molar refractivity (Wildman–Crippen MR) is 45.3 cm³/mol. The number of halogens is 7. The van der Waals surface area contributed by atoms with E-state index in [4.69, 9.17) is 19.2 Å². The van der Waals surface area contributed by atoms with E-state index >= 15 is 0 Å². The molecule has 0 aromatic rings. The normalized spacial score (nSPS) is 13.7. The molecule has 18 heavy (non-hydrogen) atoms. The second-order valence-electron chi connectivity index (χ2n) is 2.75. The molecule has 0 rings (SSSR count). The van der Waals surface area contributed by atoms with E-state index in [1.54, 1.807) is 0 Å². The van der Waals surface area contributed by atoms with Gasteiger partial charge in [0.15, 0.2) is 6.67 Å². The number of alkyl halides is 7. The van der Waals surface area contributed by atoms with Crippen molar-refractivity contribution in [2.45, 2.75) is 17.8 Å². The maximum absolute atomic E-state index is 12.2. The van der Waals surface area contributed by atoms with E-state index in [1.807, 2.05) is 0 Å². The lowest BCUT2D eigenvalue weighted by Gasteiger charge is -2.29. The summed E-state index contributed by atoms with van der Waals surface area (Å²) >= 11 is 0. The summed E-state index contributed by atoms with van der Waals surface area (Å²) in [5.74, 6) is -16.3. The average Bonchev–Trinajstić information content (AvgIpc) is 2.14. The highest BCUT2D eigenvalue weighted by atomic mass is 31.2. The Balaban J connectivity index is 0. The maximum atomic E-state index is 12.2. The Morgan fingerprint density at radius 3 is 1.50 bits per heavy atom. The van der Waals surface area contributed by atoms with Gasteiger partial charge in [-0.1, -0.05) is 6.58 Å². The summed E-state index contributed by atoms with van der Waals surface area (Å²) in [6, 6.07) is 0. The first-order valence-electron chi connectivity index (χ1n) is 3.73. The molecule has 0 unspecified atom stereocenters. The fraction of sp³-hybridized carbons (Fsp3) is 0.667. The maximum Gasteiger partial charge on any atom is 0.466 e. The van der Waals surface area contributed by atoms with Crippen molar-refractivity contribution in [2.24, 2.45) is 0 Å². The van der Waals surface area contributed by atoms with Crippen molar-refractivity contribution < 1.29 is 50.0 Å². The first-order chi connectivity index (χ1) is 7.62. The van der Waals surface area contributed by atoms with Crippen molar-refractivity contribution in [3.8, 4) is 0 Å². The highest BCUT2D eigenvalue weighted by molar-refractivity contribution is 7.45. The summed E-state index contributed by atoms with van der Waals surface area (Å²) in [5, 5.41) is 0. The molecule has 0 saturated heterocycles. The van der Waals surface area contributed by atoms with Crippen LogP contribution in [0, 0.1) is 0 Å². The summed E-state index contributed by atoms with van der Waals surface area (Å²) in [7, 11) is -4.64. The monoisotopic (exact) mass is 308 g/mol. The number of hydrogen-bond donors (Lipinski definition) is 3. The summed E-state index contributed by atoms with van der Waals surface area (Å²) in [4.78, 5) is 21.6.